The Balaban J connectivity index is 0.000000424. The van der Waals surface area contributed by atoms with Gasteiger partial charge in [0.15, 0.2) is 0 Å². The van der Waals surface area contributed by atoms with Crippen molar-refractivity contribution in [3.63, 3.8) is 0 Å². The van der Waals surface area contributed by atoms with Crippen molar-refractivity contribution in [2.45, 2.75) is 25.4 Å². The summed E-state index contributed by atoms with van der Waals surface area (Å²) in [4.78, 5) is 10.7. The number of carbonyl (C=O) groups excluding carboxylic acids is 1. The number of ether oxygens (including phenoxy) is 1. The van der Waals surface area contributed by atoms with Gasteiger partial charge in [-0.2, -0.15) is 0 Å². The Kier molecular flexibility index (Phi) is 6.35. The van der Waals surface area contributed by atoms with Crippen LogP contribution in [0.1, 0.15) is 6.42 Å². The first-order valence-electron chi connectivity index (χ1n) is 3.98. The normalized spacial score (nSPS) is 25.5. The maximum absolute atomic E-state index is 10.7. The summed E-state index contributed by atoms with van der Waals surface area (Å²) in [5.41, 5.74) is 0. The van der Waals surface area contributed by atoms with E-state index in [2.05, 4.69) is 10.1 Å². The zero-order chi connectivity index (χ0) is 10.3. The molecule has 0 bridgehead atoms. The van der Waals surface area contributed by atoms with Gasteiger partial charge in [0.05, 0.1) is 7.11 Å². The molecule has 1 aliphatic rings. The molecule has 1 N–H and O–H groups in total. The number of aliphatic hydroxyl groups is 1. The van der Waals surface area contributed by atoms with Gasteiger partial charge in [0.25, 0.3) is 5.97 Å². The van der Waals surface area contributed by atoms with Crippen LogP contribution in [0.5, 0.6) is 0 Å². The number of esters is 1. The molecule has 2 atom stereocenters. The van der Waals surface area contributed by atoms with E-state index in [9.17, 15) is 4.79 Å². The van der Waals surface area contributed by atoms with E-state index >= 15 is 0 Å². The molecule has 74 valence electrons. The fourth-order valence-corrected chi connectivity index (χ4v) is 0.963. The van der Waals surface area contributed by atoms with Crippen LogP contribution in [0.3, 0.4) is 0 Å². The number of hydrogen-bond donors (Lipinski definition) is 1. The predicted octanol–water partition coefficient (Wildman–Crippen LogP) is -0.250. The summed E-state index contributed by atoms with van der Waals surface area (Å²) >= 11 is 0. The molecule has 1 heterocycles. The van der Waals surface area contributed by atoms with Gasteiger partial charge in [-0.05, 0) is 12.5 Å². The Morgan fingerprint density at radius 2 is 2.23 bits per heavy atom. The third-order valence-corrected chi connectivity index (χ3v) is 1.51. The molecular formula is C7H13BNO4-. The van der Waals surface area contributed by atoms with Gasteiger partial charge in [0.1, 0.15) is 0 Å². The summed E-state index contributed by atoms with van der Waals surface area (Å²) in [6, 6.07) is -0.431. The largest absolute Gasteiger partial charge is 0.648 e. The van der Waals surface area contributed by atoms with E-state index in [1.54, 1.807) is 0 Å². The van der Waals surface area contributed by atoms with Crippen LogP contribution in [0.25, 0.3) is 5.32 Å². The fraction of sp³-hybridized carbons (Fsp3) is 0.857. The number of nitrogens with zero attached hydrogens (tertiary/aromatic N) is 1. The van der Waals surface area contributed by atoms with Crippen LogP contribution in [0, 0.1) is 0 Å². The van der Waals surface area contributed by atoms with Crippen LogP contribution in [-0.2, 0) is 14.2 Å². The molecule has 1 fully saturated rings. The molecule has 0 aromatic rings. The van der Waals surface area contributed by atoms with Crippen molar-refractivity contribution in [1.82, 2.24) is 0 Å². The average molecular weight is 186 g/mol. The first kappa shape index (κ1) is 12.3. The van der Waals surface area contributed by atoms with Gasteiger partial charge in [0, 0.05) is 6.10 Å². The van der Waals surface area contributed by atoms with Crippen molar-refractivity contribution in [1.29, 1.82) is 0 Å². The molecule has 0 aliphatic carbocycles. The average Bonchev–Trinajstić information content (AvgIpc) is 2.52. The van der Waals surface area contributed by atoms with Gasteiger partial charge in [0.2, 0.25) is 0 Å². The quantitative estimate of drug-likeness (QED) is 0.452. The van der Waals surface area contributed by atoms with Crippen LogP contribution < -0.4 is 0 Å². The van der Waals surface area contributed by atoms with Crippen LogP contribution >= 0.6 is 0 Å². The third-order valence-electron chi connectivity index (χ3n) is 1.51. The Labute approximate surface area is 77.7 Å². The summed E-state index contributed by atoms with van der Waals surface area (Å²) in [5, 5.41) is 12.8. The molecule has 0 radical (unpaired) electrons. The molecule has 1 rings (SSSR count). The van der Waals surface area contributed by atoms with Crippen LogP contribution in [0.2, 0.25) is 6.82 Å². The molecule has 5 nitrogen and oxygen atoms in total. The second-order valence-electron chi connectivity index (χ2n) is 2.53. The van der Waals surface area contributed by atoms with E-state index in [-0.39, 0.29) is 5.97 Å². The number of hydrogen-bond acceptors (Lipinski definition) is 4. The molecule has 1 saturated heterocycles. The third kappa shape index (κ3) is 4.74. The molecule has 0 saturated carbocycles. The molecular weight excluding hydrogens is 173 g/mol. The van der Waals surface area contributed by atoms with Gasteiger partial charge < -0.3 is 15.2 Å². The molecule has 13 heavy (non-hydrogen) atoms. The zero-order valence-corrected chi connectivity index (χ0v) is 7.77. The Morgan fingerprint density at radius 3 is 2.54 bits per heavy atom. The smallest absolute Gasteiger partial charge is 0.287 e. The molecule has 0 aromatic carbocycles. The second kappa shape index (κ2) is 6.74. The van der Waals surface area contributed by atoms with E-state index in [0.29, 0.717) is 13.0 Å². The number of rotatable bonds is 1. The van der Waals surface area contributed by atoms with E-state index in [1.165, 1.54) is 13.9 Å². The summed E-state index contributed by atoms with van der Waals surface area (Å²) < 4.78 is 13.2. The van der Waals surface area contributed by atoms with Gasteiger partial charge >= 0.3 is 18.7 Å². The Hall–Kier alpha value is -0.745. The minimum Gasteiger partial charge on any atom is -0.648 e. The number of aliphatic hydroxyl groups excluding tert-OH is 1. The summed E-state index contributed by atoms with van der Waals surface area (Å²) in [6.07, 6.45) is -0.0451. The first-order chi connectivity index (χ1) is 6.15. The second-order valence-corrected chi connectivity index (χ2v) is 2.53. The van der Waals surface area contributed by atoms with Crippen molar-refractivity contribution < 1.29 is 19.3 Å². The van der Waals surface area contributed by atoms with Gasteiger partial charge in [-0.3, -0.25) is 4.79 Å². The Bertz CT molecular complexity index is 176. The predicted molar refractivity (Wildman–Crippen MR) is 47.0 cm³/mol. The van der Waals surface area contributed by atoms with Crippen molar-refractivity contribution in [2.24, 2.45) is 0 Å². The molecule has 0 unspecified atom stereocenters. The van der Waals surface area contributed by atoms with E-state index in [4.69, 9.17) is 9.81 Å². The van der Waals surface area contributed by atoms with Gasteiger partial charge in [-0.25, -0.2) is 0 Å². The standard InChI is InChI=1S/C6H10NO3.CH3BO/c1-10-6(9)5-2-4(8)3-7-5;1-2-3/h4-5,8H,2-3H2,1H3;1H3/q-1;/t4-,5+;/m1./s1. The zero-order valence-electron chi connectivity index (χ0n) is 7.77. The minimum absolute atomic E-state index is 0.350. The molecule has 6 heteroatoms. The van der Waals surface area contributed by atoms with Crippen LogP contribution in [0.4, 0.5) is 0 Å². The Morgan fingerprint density at radius 1 is 1.69 bits per heavy atom. The topological polar surface area (TPSA) is 77.7 Å². The summed E-state index contributed by atoms with van der Waals surface area (Å²) in [6.45, 7) is 1.81. The molecule has 0 spiro atoms. The SMILES string of the molecule is CB=O.COC(=O)[C@@H]1C[C@@H](O)C[N-]1. The number of carbonyl (C=O) groups is 1. The minimum atomic E-state index is -0.455. The van der Waals surface area contributed by atoms with Crippen LogP contribution in [0.15, 0.2) is 0 Å². The maximum atomic E-state index is 10.7. The molecule has 0 aromatic heterocycles. The maximum Gasteiger partial charge on any atom is 0.287 e. The van der Waals surface area contributed by atoms with E-state index in [0.717, 1.165) is 7.15 Å². The van der Waals surface area contributed by atoms with Gasteiger partial charge in [-0.1, -0.05) is 0 Å². The van der Waals surface area contributed by atoms with Crippen molar-refractivity contribution in [2.75, 3.05) is 13.7 Å². The summed E-state index contributed by atoms with van der Waals surface area (Å²) in [5.74, 6) is -0.350. The van der Waals surface area contributed by atoms with Crippen LogP contribution in [-0.4, -0.2) is 44.0 Å². The monoisotopic (exact) mass is 186 g/mol. The summed E-state index contributed by atoms with van der Waals surface area (Å²) in [7, 11) is 2.07. The molecule has 1 aliphatic heterocycles. The fourth-order valence-electron chi connectivity index (χ4n) is 0.963. The molecule has 0 amide bonds. The van der Waals surface area contributed by atoms with Crippen molar-refractivity contribution in [3.05, 3.63) is 5.32 Å². The number of methoxy groups -OCH3 is 1. The van der Waals surface area contributed by atoms with Crippen molar-refractivity contribution >= 4 is 13.1 Å². The van der Waals surface area contributed by atoms with Gasteiger partial charge in [-0.15, -0.1) is 6.54 Å². The van der Waals surface area contributed by atoms with E-state index < -0.39 is 12.1 Å². The first-order valence-corrected chi connectivity index (χ1v) is 3.98. The van der Waals surface area contributed by atoms with Crippen molar-refractivity contribution in [3.8, 4) is 0 Å². The van der Waals surface area contributed by atoms with E-state index in [1.807, 2.05) is 0 Å².